The highest BCUT2D eigenvalue weighted by Crippen LogP contribution is 2.20. The van der Waals surface area contributed by atoms with E-state index in [0.717, 1.165) is 19.3 Å². The maximum atomic E-state index is 12.4. The van der Waals surface area contributed by atoms with Crippen molar-refractivity contribution in [3.05, 3.63) is 18.5 Å². The van der Waals surface area contributed by atoms with Crippen molar-refractivity contribution in [1.29, 1.82) is 0 Å². The van der Waals surface area contributed by atoms with Gasteiger partial charge in [0.2, 0.25) is 10.0 Å². The number of sulfonamides is 1. The molecule has 120 valence electrons. The molecule has 0 radical (unpaired) electrons. The quantitative estimate of drug-likeness (QED) is 0.735. The zero-order valence-electron chi connectivity index (χ0n) is 13.4. The van der Waals surface area contributed by atoms with Crippen LogP contribution in [0.1, 0.15) is 47.0 Å². The molecule has 1 heterocycles. The molecule has 2 N–H and O–H groups in total. The molecule has 0 spiro atoms. The lowest BCUT2D eigenvalue weighted by Crippen LogP contribution is -2.33. The molecular formula is C15H27N3O2S. The Morgan fingerprint density at radius 3 is 2.57 bits per heavy atom. The number of pyridine rings is 1. The molecule has 0 aliphatic heterocycles. The first-order chi connectivity index (χ1) is 9.86. The fourth-order valence-electron chi connectivity index (χ4n) is 2.15. The Morgan fingerprint density at radius 2 is 1.95 bits per heavy atom. The van der Waals surface area contributed by atoms with Gasteiger partial charge in [0.25, 0.3) is 0 Å². The SMILES string of the molecule is CCNc1ccncc1S(=O)(=O)NC(C)CCCC(C)C. The summed E-state index contributed by atoms with van der Waals surface area (Å²) in [6, 6.07) is 1.60. The van der Waals surface area contributed by atoms with E-state index in [2.05, 4.69) is 28.9 Å². The molecule has 1 atom stereocenters. The third kappa shape index (κ3) is 6.01. The Balaban J connectivity index is 2.73. The molecule has 1 unspecified atom stereocenters. The number of hydrogen-bond donors (Lipinski definition) is 2. The van der Waals surface area contributed by atoms with Crippen molar-refractivity contribution in [3.8, 4) is 0 Å². The topological polar surface area (TPSA) is 71.1 Å². The summed E-state index contributed by atoms with van der Waals surface area (Å²) in [6.45, 7) is 8.84. The predicted octanol–water partition coefficient (Wildman–Crippen LogP) is 3.01. The van der Waals surface area contributed by atoms with Gasteiger partial charge in [-0.05, 0) is 32.3 Å². The molecular weight excluding hydrogens is 286 g/mol. The number of anilines is 1. The summed E-state index contributed by atoms with van der Waals surface area (Å²) in [5.41, 5.74) is 0.592. The fourth-order valence-corrected chi connectivity index (χ4v) is 3.55. The molecule has 0 amide bonds. The van der Waals surface area contributed by atoms with Crippen LogP contribution in [-0.4, -0.2) is 26.0 Å². The van der Waals surface area contributed by atoms with Gasteiger partial charge in [-0.3, -0.25) is 4.98 Å². The normalized spacial score (nSPS) is 13.4. The molecule has 0 aliphatic rings. The standard InChI is InChI=1S/C15H27N3O2S/c1-5-17-14-9-10-16-11-15(14)21(19,20)18-13(4)8-6-7-12(2)3/h9-13,18H,5-8H2,1-4H3,(H,16,17). The Labute approximate surface area is 128 Å². The van der Waals surface area contributed by atoms with Crippen LogP contribution < -0.4 is 10.0 Å². The van der Waals surface area contributed by atoms with Crippen LogP contribution in [0.3, 0.4) is 0 Å². The van der Waals surface area contributed by atoms with E-state index >= 15 is 0 Å². The van der Waals surface area contributed by atoms with Crippen LogP contribution >= 0.6 is 0 Å². The number of nitrogens with one attached hydrogen (secondary N) is 2. The van der Waals surface area contributed by atoms with E-state index in [1.165, 1.54) is 6.20 Å². The van der Waals surface area contributed by atoms with E-state index in [0.29, 0.717) is 18.2 Å². The molecule has 0 saturated carbocycles. The zero-order valence-corrected chi connectivity index (χ0v) is 14.2. The number of hydrogen-bond acceptors (Lipinski definition) is 4. The lowest BCUT2D eigenvalue weighted by atomic mass is 10.0. The molecule has 0 bridgehead atoms. The van der Waals surface area contributed by atoms with E-state index in [4.69, 9.17) is 0 Å². The van der Waals surface area contributed by atoms with Crippen LogP contribution in [0.4, 0.5) is 5.69 Å². The van der Waals surface area contributed by atoms with Gasteiger partial charge in [-0.1, -0.05) is 26.7 Å². The van der Waals surface area contributed by atoms with Crippen molar-refractivity contribution in [3.63, 3.8) is 0 Å². The van der Waals surface area contributed by atoms with Crippen molar-refractivity contribution in [2.45, 2.75) is 57.9 Å². The monoisotopic (exact) mass is 313 g/mol. The van der Waals surface area contributed by atoms with Crippen molar-refractivity contribution < 1.29 is 8.42 Å². The smallest absolute Gasteiger partial charge is 0.244 e. The van der Waals surface area contributed by atoms with Crippen molar-refractivity contribution in [2.75, 3.05) is 11.9 Å². The van der Waals surface area contributed by atoms with Gasteiger partial charge >= 0.3 is 0 Å². The van der Waals surface area contributed by atoms with Gasteiger partial charge in [0.05, 0.1) is 5.69 Å². The van der Waals surface area contributed by atoms with Crippen LogP contribution in [0.25, 0.3) is 0 Å². The summed E-state index contributed by atoms with van der Waals surface area (Å²) < 4.78 is 27.6. The van der Waals surface area contributed by atoms with Gasteiger partial charge in [0.15, 0.2) is 0 Å². The van der Waals surface area contributed by atoms with Crippen molar-refractivity contribution in [2.24, 2.45) is 5.92 Å². The molecule has 6 heteroatoms. The van der Waals surface area contributed by atoms with Crippen LogP contribution in [0, 0.1) is 5.92 Å². The fraction of sp³-hybridized carbons (Fsp3) is 0.667. The second kappa shape index (κ2) is 8.34. The van der Waals surface area contributed by atoms with Gasteiger partial charge < -0.3 is 5.32 Å². The van der Waals surface area contributed by atoms with Crippen molar-refractivity contribution in [1.82, 2.24) is 9.71 Å². The van der Waals surface area contributed by atoms with Crippen LogP contribution in [0.15, 0.2) is 23.4 Å². The minimum absolute atomic E-state index is 0.0802. The summed E-state index contributed by atoms with van der Waals surface area (Å²) in [4.78, 5) is 4.14. The molecule has 21 heavy (non-hydrogen) atoms. The summed E-state index contributed by atoms with van der Waals surface area (Å²) in [6.07, 6.45) is 5.95. The average molecular weight is 313 g/mol. The van der Waals surface area contributed by atoms with Gasteiger partial charge in [-0.25, -0.2) is 13.1 Å². The highest BCUT2D eigenvalue weighted by atomic mass is 32.2. The molecule has 1 rings (SSSR count). The largest absolute Gasteiger partial charge is 0.384 e. The Bertz CT molecular complexity index is 529. The third-order valence-electron chi connectivity index (χ3n) is 3.22. The van der Waals surface area contributed by atoms with Crippen LogP contribution in [-0.2, 0) is 10.0 Å². The highest BCUT2D eigenvalue weighted by molar-refractivity contribution is 7.89. The predicted molar refractivity (Wildman–Crippen MR) is 86.9 cm³/mol. The molecule has 0 aromatic carbocycles. The van der Waals surface area contributed by atoms with E-state index in [9.17, 15) is 8.42 Å². The van der Waals surface area contributed by atoms with Gasteiger partial charge in [0, 0.05) is 25.0 Å². The average Bonchev–Trinajstić information content (AvgIpc) is 2.38. The summed E-state index contributed by atoms with van der Waals surface area (Å²) in [7, 11) is -3.54. The minimum atomic E-state index is -3.54. The molecule has 0 fully saturated rings. The molecule has 0 saturated heterocycles. The first-order valence-electron chi connectivity index (χ1n) is 7.57. The summed E-state index contributed by atoms with van der Waals surface area (Å²) in [5.74, 6) is 0.646. The Morgan fingerprint density at radius 1 is 1.24 bits per heavy atom. The van der Waals surface area contributed by atoms with Gasteiger partial charge in [-0.2, -0.15) is 0 Å². The van der Waals surface area contributed by atoms with E-state index in [-0.39, 0.29) is 10.9 Å². The summed E-state index contributed by atoms with van der Waals surface area (Å²) >= 11 is 0. The van der Waals surface area contributed by atoms with Gasteiger partial charge in [0.1, 0.15) is 4.90 Å². The maximum Gasteiger partial charge on any atom is 0.244 e. The minimum Gasteiger partial charge on any atom is -0.384 e. The van der Waals surface area contributed by atoms with Gasteiger partial charge in [-0.15, -0.1) is 0 Å². The first-order valence-corrected chi connectivity index (χ1v) is 9.05. The van der Waals surface area contributed by atoms with E-state index in [1.54, 1.807) is 12.3 Å². The lowest BCUT2D eigenvalue weighted by molar-refractivity contribution is 0.488. The highest BCUT2D eigenvalue weighted by Gasteiger charge is 2.20. The van der Waals surface area contributed by atoms with E-state index < -0.39 is 10.0 Å². The Kier molecular flexibility index (Phi) is 7.11. The summed E-state index contributed by atoms with van der Waals surface area (Å²) in [5, 5.41) is 3.05. The lowest BCUT2D eigenvalue weighted by Gasteiger charge is -2.16. The molecule has 1 aromatic rings. The van der Waals surface area contributed by atoms with Crippen molar-refractivity contribution >= 4 is 15.7 Å². The third-order valence-corrected chi connectivity index (χ3v) is 4.83. The number of rotatable bonds is 9. The second-order valence-electron chi connectivity index (χ2n) is 5.75. The van der Waals surface area contributed by atoms with E-state index in [1.807, 2.05) is 13.8 Å². The molecule has 1 aromatic heterocycles. The Hall–Kier alpha value is -1.14. The zero-order chi connectivity index (χ0) is 15.9. The number of nitrogens with zero attached hydrogens (tertiary/aromatic N) is 1. The second-order valence-corrected chi connectivity index (χ2v) is 7.43. The van der Waals surface area contributed by atoms with Crippen LogP contribution in [0.2, 0.25) is 0 Å². The van der Waals surface area contributed by atoms with Crippen LogP contribution in [0.5, 0.6) is 0 Å². The number of aromatic nitrogens is 1. The maximum absolute atomic E-state index is 12.4. The molecule has 0 aliphatic carbocycles. The molecule has 5 nitrogen and oxygen atoms in total. The first kappa shape index (κ1) is 17.9.